The van der Waals surface area contributed by atoms with Crippen LogP contribution in [0.15, 0.2) is 72.8 Å². The summed E-state index contributed by atoms with van der Waals surface area (Å²) in [6.45, 7) is 0.746. The van der Waals surface area contributed by atoms with Gasteiger partial charge in [-0.2, -0.15) is 0 Å². The molecule has 0 aliphatic carbocycles. The van der Waals surface area contributed by atoms with Gasteiger partial charge < -0.3 is 15.4 Å². The fourth-order valence-corrected chi connectivity index (χ4v) is 3.35. The molecule has 0 atom stereocenters. The van der Waals surface area contributed by atoms with Crippen LogP contribution < -0.4 is 15.4 Å². The molecule has 0 saturated heterocycles. The van der Waals surface area contributed by atoms with Crippen molar-refractivity contribution in [2.75, 3.05) is 23.8 Å². The summed E-state index contributed by atoms with van der Waals surface area (Å²) >= 11 is 11.9. The molecule has 29 heavy (non-hydrogen) atoms. The zero-order chi connectivity index (χ0) is 20.5. The summed E-state index contributed by atoms with van der Waals surface area (Å²) in [5, 5.41) is 6.80. The Morgan fingerprint density at radius 2 is 1.62 bits per heavy atom. The first-order valence-electron chi connectivity index (χ1n) is 9.35. The van der Waals surface area contributed by atoms with Crippen LogP contribution in [0, 0.1) is 0 Å². The van der Waals surface area contributed by atoms with E-state index in [1.807, 2.05) is 42.5 Å². The molecule has 150 valence electrons. The highest BCUT2D eigenvalue weighted by atomic mass is 35.5. The highest BCUT2D eigenvalue weighted by Gasteiger charge is 2.05. The van der Waals surface area contributed by atoms with Gasteiger partial charge in [0.15, 0.2) is 0 Å². The molecule has 2 N–H and O–H groups in total. The molecule has 0 fully saturated rings. The minimum atomic E-state index is -0.197. The van der Waals surface area contributed by atoms with Gasteiger partial charge in [0, 0.05) is 27.5 Å². The van der Waals surface area contributed by atoms with Gasteiger partial charge in [-0.05, 0) is 48.7 Å². The van der Waals surface area contributed by atoms with Gasteiger partial charge in [-0.15, -0.1) is 0 Å². The number of amides is 1. The lowest BCUT2D eigenvalue weighted by molar-refractivity contribution is -0.114. The summed E-state index contributed by atoms with van der Waals surface area (Å²) < 4.78 is 5.83. The van der Waals surface area contributed by atoms with E-state index in [0.717, 1.165) is 24.3 Å². The molecule has 3 aromatic rings. The Bertz CT molecular complexity index is 928. The molecule has 3 aromatic carbocycles. The molecule has 0 bridgehead atoms. The van der Waals surface area contributed by atoms with Crippen molar-refractivity contribution in [3.8, 4) is 5.75 Å². The summed E-state index contributed by atoms with van der Waals surface area (Å²) in [6.07, 6.45) is 1.92. The fourth-order valence-electron chi connectivity index (χ4n) is 2.82. The molecule has 0 unspecified atom stereocenters. The number of anilines is 2. The summed E-state index contributed by atoms with van der Waals surface area (Å²) in [7, 11) is 0. The molecule has 0 aromatic heterocycles. The second-order valence-corrected chi connectivity index (χ2v) is 7.40. The van der Waals surface area contributed by atoms with E-state index in [4.69, 9.17) is 27.9 Å². The maximum Gasteiger partial charge on any atom is 0.243 e. The van der Waals surface area contributed by atoms with Crippen molar-refractivity contribution in [1.29, 1.82) is 0 Å². The number of rotatable bonds is 9. The number of carbonyl (C=O) groups is 1. The van der Waals surface area contributed by atoms with Gasteiger partial charge in [0.2, 0.25) is 5.91 Å². The number of aryl methyl sites for hydroxylation is 1. The molecule has 0 aliphatic heterocycles. The van der Waals surface area contributed by atoms with Crippen LogP contribution in [0.1, 0.15) is 12.0 Å². The summed E-state index contributed by atoms with van der Waals surface area (Å²) in [6, 6.07) is 22.8. The lowest BCUT2D eigenvalue weighted by atomic mass is 10.1. The molecule has 0 radical (unpaired) electrons. The zero-order valence-corrected chi connectivity index (χ0v) is 17.3. The maximum absolute atomic E-state index is 12.1. The Kier molecular flexibility index (Phi) is 7.79. The van der Waals surface area contributed by atoms with Crippen molar-refractivity contribution in [1.82, 2.24) is 0 Å². The van der Waals surface area contributed by atoms with Crippen molar-refractivity contribution in [2.24, 2.45) is 0 Å². The minimum Gasteiger partial charge on any atom is -0.494 e. The third kappa shape index (κ3) is 7.33. The molecule has 0 heterocycles. The molecule has 1 amide bonds. The average molecular weight is 429 g/mol. The predicted octanol–water partition coefficient (Wildman–Crippen LogP) is 6.06. The van der Waals surface area contributed by atoms with Crippen LogP contribution in [0.3, 0.4) is 0 Å². The van der Waals surface area contributed by atoms with Gasteiger partial charge in [-0.25, -0.2) is 0 Å². The lowest BCUT2D eigenvalue weighted by Gasteiger charge is -2.11. The number of benzene rings is 3. The Morgan fingerprint density at radius 1 is 0.862 bits per heavy atom. The van der Waals surface area contributed by atoms with Crippen molar-refractivity contribution in [2.45, 2.75) is 12.8 Å². The minimum absolute atomic E-state index is 0.113. The van der Waals surface area contributed by atoms with Crippen LogP contribution in [0.4, 0.5) is 11.4 Å². The van der Waals surface area contributed by atoms with E-state index in [0.29, 0.717) is 22.3 Å². The Morgan fingerprint density at radius 3 is 2.38 bits per heavy atom. The van der Waals surface area contributed by atoms with Gasteiger partial charge in [-0.3, -0.25) is 4.79 Å². The normalized spacial score (nSPS) is 10.4. The van der Waals surface area contributed by atoms with Crippen molar-refractivity contribution in [3.63, 3.8) is 0 Å². The van der Waals surface area contributed by atoms with E-state index < -0.39 is 0 Å². The average Bonchev–Trinajstić information content (AvgIpc) is 2.70. The van der Waals surface area contributed by atoms with E-state index in [1.165, 1.54) is 5.56 Å². The van der Waals surface area contributed by atoms with E-state index in [9.17, 15) is 4.79 Å². The first kappa shape index (κ1) is 21.0. The predicted molar refractivity (Wildman–Crippen MR) is 120 cm³/mol. The molecular weight excluding hydrogens is 407 g/mol. The van der Waals surface area contributed by atoms with Gasteiger partial charge >= 0.3 is 0 Å². The Balaban J connectivity index is 1.43. The largest absolute Gasteiger partial charge is 0.494 e. The number of halogens is 2. The summed E-state index contributed by atoms with van der Waals surface area (Å²) in [5.74, 6) is 0.572. The topological polar surface area (TPSA) is 50.4 Å². The maximum atomic E-state index is 12.1. The highest BCUT2D eigenvalue weighted by Crippen LogP contribution is 2.22. The number of nitrogens with one attached hydrogen (secondary N) is 2. The Hall–Kier alpha value is -2.69. The molecule has 0 spiro atoms. The summed E-state index contributed by atoms with van der Waals surface area (Å²) in [4.78, 5) is 12.1. The Labute approximate surface area is 180 Å². The van der Waals surface area contributed by atoms with Crippen LogP contribution >= 0.6 is 23.2 Å². The SMILES string of the molecule is O=C(CNc1cccc(OCCCc2ccccc2)c1)Nc1cc(Cl)cc(Cl)c1. The second kappa shape index (κ2) is 10.7. The van der Waals surface area contributed by atoms with Crippen molar-refractivity contribution >= 4 is 40.5 Å². The number of hydrogen-bond acceptors (Lipinski definition) is 3. The monoisotopic (exact) mass is 428 g/mol. The third-order valence-electron chi connectivity index (χ3n) is 4.15. The first-order chi connectivity index (χ1) is 14.1. The number of hydrogen-bond donors (Lipinski definition) is 2. The first-order valence-corrected chi connectivity index (χ1v) is 10.1. The molecule has 4 nitrogen and oxygen atoms in total. The fraction of sp³-hybridized carbons (Fsp3) is 0.174. The van der Waals surface area contributed by atoms with Crippen molar-refractivity contribution < 1.29 is 9.53 Å². The quantitative estimate of drug-likeness (QED) is 0.407. The molecule has 0 aliphatic rings. The van der Waals surface area contributed by atoms with Crippen LogP contribution in [-0.2, 0) is 11.2 Å². The highest BCUT2D eigenvalue weighted by molar-refractivity contribution is 6.35. The number of carbonyl (C=O) groups excluding carboxylic acids is 1. The smallest absolute Gasteiger partial charge is 0.243 e. The lowest BCUT2D eigenvalue weighted by Crippen LogP contribution is -2.21. The van der Waals surface area contributed by atoms with Gasteiger partial charge in [0.05, 0.1) is 13.2 Å². The molecular formula is C23H22Cl2N2O2. The number of ether oxygens (including phenoxy) is 1. The van der Waals surface area contributed by atoms with E-state index in [2.05, 4.69) is 22.8 Å². The van der Waals surface area contributed by atoms with Crippen LogP contribution in [0.25, 0.3) is 0 Å². The molecule has 0 saturated carbocycles. The van der Waals surface area contributed by atoms with Crippen LogP contribution in [0.2, 0.25) is 10.0 Å². The van der Waals surface area contributed by atoms with E-state index in [-0.39, 0.29) is 12.5 Å². The standard InChI is InChI=1S/C23H22Cl2N2O2/c24-18-12-19(25)14-21(13-18)27-23(28)16-26-20-9-4-10-22(15-20)29-11-5-8-17-6-2-1-3-7-17/h1-4,6-7,9-10,12-15,26H,5,8,11,16H2,(H,27,28). The molecule has 3 rings (SSSR count). The summed E-state index contributed by atoms with van der Waals surface area (Å²) in [5.41, 5.74) is 2.67. The second-order valence-electron chi connectivity index (χ2n) is 6.53. The van der Waals surface area contributed by atoms with Gasteiger partial charge in [0.1, 0.15) is 5.75 Å². The van der Waals surface area contributed by atoms with Gasteiger partial charge in [-0.1, -0.05) is 59.6 Å². The third-order valence-corrected chi connectivity index (χ3v) is 4.59. The molecule has 6 heteroatoms. The van der Waals surface area contributed by atoms with Crippen LogP contribution in [-0.4, -0.2) is 19.1 Å². The zero-order valence-electron chi connectivity index (χ0n) is 15.8. The van der Waals surface area contributed by atoms with Crippen LogP contribution in [0.5, 0.6) is 5.75 Å². The van der Waals surface area contributed by atoms with E-state index in [1.54, 1.807) is 18.2 Å². The van der Waals surface area contributed by atoms with Gasteiger partial charge in [0.25, 0.3) is 0 Å². The van der Waals surface area contributed by atoms with E-state index >= 15 is 0 Å². The van der Waals surface area contributed by atoms with Crippen molar-refractivity contribution in [3.05, 3.63) is 88.4 Å².